The van der Waals surface area contributed by atoms with E-state index in [1.54, 1.807) is 19.2 Å². The lowest BCUT2D eigenvalue weighted by Crippen LogP contribution is -2.20. The Morgan fingerprint density at radius 1 is 0.727 bits per heavy atom. The molecular weight excluding hydrogens is 408 g/mol. The van der Waals surface area contributed by atoms with Crippen LogP contribution in [0.15, 0.2) is 119 Å². The van der Waals surface area contributed by atoms with Gasteiger partial charge in [0.2, 0.25) is 0 Å². The summed E-state index contributed by atoms with van der Waals surface area (Å²) in [4.78, 5) is 19.5. The number of anilines is 3. The van der Waals surface area contributed by atoms with E-state index < -0.39 is 0 Å². The second kappa shape index (κ2) is 8.93. The molecule has 0 N–H and O–H groups in total. The Kier molecular flexibility index (Phi) is 5.52. The fourth-order valence-corrected chi connectivity index (χ4v) is 3.81. The molecule has 5 rings (SSSR count). The van der Waals surface area contributed by atoms with Crippen molar-refractivity contribution in [1.82, 2.24) is 9.66 Å². The molecule has 0 spiro atoms. The number of benzene rings is 4. The molecule has 0 aliphatic carbocycles. The SMILES string of the molecule is Cc1nc2ccccc2c(=O)n1N=Cc1ccc(N(c2ccccc2)c2ccccc2)cc1. The summed E-state index contributed by atoms with van der Waals surface area (Å²) in [5, 5.41) is 4.97. The average Bonchev–Trinajstić information content (AvgIpc) is 2.86. The molecular formula is C28H22N4O. The average molecular weight is 431 g/mol. The summed E-state index contributed by atoms with van der Waals surface area (Å²) in [6, 6.07) is 35.9. The summed E-state index contributed by atoms with van der Waals surface area (Å²) in [5.74, 6) is 0.547. The van der Waals surface area contributed by atoms with Crippen LogP contribution in [0, 0.1) is 6.92 Å². The van der Waals surface area contributed by atoms with Crippen LogP contribution in [0.1, 0.15) is 11.4 Å². The number of rotatable bonds is 5. The molecule has 0 amide bonds. The van der Waals surface area contributed by atoms with Gasteiger partial charge in [-0.25, -0.2) is 4.98 Å². The quantitative estimate of drug-likeness (QED) is 0.319. The first kappa shape index (κ1) is 20.4. The number of hydrogen-bond donors (Lipinski definition) is 0. The summed E-state index contributed by atoms with van der Waals surface area (Å²) >= 11 is 0. The lowest BCUT2D eigenvalue weighted by Gasteiger charge is -2.25. The second-order valence-corrected chi connectivity index (χ2v) is 7.64. The molecule has 0 unspecified atom stereocenters. The lowest BCUT2D eigenvalue weighted by molar-refractivity contribution is 0.771. The topological polar surface area (TPSA) is 50.5 Å². The molecule has 1 heterocycles. The Hall–Kier alpha value is -4.51. The number of aryl methyl sites for hydroxylation is 1. The molecule has 0 saturated heterocycles. The maximum Gasteiger partial charge on any atom is 0.282 e. The van der Waals surface area contributed by atoms with Gasteiger partial charge in [0, 0.05) is 17.1 Å². The molecule has 0 aliphatic heterocycles. The van der Waals surface area contributed by atoms with Gasteiger partial charge in [-0.1, -0.05) is 60.7 Å². The largest absolute Gasteiger partial charge is 0.311 e. The summed E-state index contributed by atoms with van der Waals surface area (Å²) in [7, 11) is 0. The van der Waals surface area contributed by atoms with Crippen molar-refractivity contribution in [2.75, 3.05) is 4.90 Å². The van der Waals surface area contributed by atoms with E-state index in [9.17, 15) is 4.79 Å². The van der Waals surface area contributed by atoms with E-state index in [1.165, 1.54) is 4.68 Å². The normalized spacial score (nSPS) is 11.2. The fraction of sp³-hybridized carbons (Fsp3) is 0.0357. The Morgan fingerprint density at radius 2 is 1.27 bits per heavy atom. The highest BCUT2D eigenvalue weighted by Crippen LogP contribution is 2.33. The number of nitrogens with zero attached hydrogens (tertiary/aromatic N) is 4. The molecule has 5 heteroatoms. The van der Waals surface area contributed by atoms with E-state index >= 15 is 0 Å². The Balaban J connectivity index is 1.48. The van der Waals surface area contributed by atoms with Crippen molar-refractivity contribution in [1.29, 1.82) is 0 Å². The summed E-state index contributed by atoms with van der Waals surface area (Å²) in [5.41, 5.74) is 4.58. The molecule has 1 aromatic heterocycles. The molecule has 0 aliphatic rings. The minimum atomic E-state index is -0.176. The molecule has 160 valence electrons. The van der Waals surface area contributed by atoms with Crippen molar-refractivity contribution < 1.29 is 0 Å². The predicted molar refractivity (Wildman–Crippen MR) is 135 cm³/mol. The van der Waals surface area contributed by atoms with Crippen molar-refractivity contribution in [3.63, 3.8) is 0 Å². The van der Waals surface area contributed by atoms with Crippen LogP contribution in [-0.2, 0) is 0 Å². The van der Waals surface area contributed by atoms with Gasteiger partial charge in [0.15, 0.2) is 0 Å². The Bertz CT molecular complexity index is 1430. The van der Waals surface area contributed by atoms with E-state index in [0.717, 1.165) is 22.6 Å². The zero-order chi connectivity index (χ0) is 22.6. The fourth-order valence-electron chi connectivity index (χ4n) is 3.81. The maximum absolute atomic E-state index is 12.8. The monoisotopic (exact) mass is 430 g/mol. The van der Waals surface area contributed by atoms with E-state index in [0.29, 0.717) is 16.7 Å². The highest BCUT2D eigenvalue weighted by molar-refractivity contribution is 5.83. The highest BCUT2D eigenvalue weighted by Gasteiger charge is 2.11. The van der Waals surface area contributed by atoms with Crippen LogP contribution in [0.3, 0.4) is 0 Å². The van der Waals surface area contributed by atoms with Crippen molar-refractivity contribution >= 4 is 34.2 Å². The smallest absolute Gasteiger partial charge is 0.282 e. The summed E-state index contributed by atoms with van der Waals surface area (Å²) in [6.07, 6.45) is 1.68. The number of hydrogen-bond acceptors (Lipinski definition) is 4. The number of aromatic nitrogens is 2. The van der Waals surface area contributed by atoms with Crippen LogP contribution < -0.4 is 10.5 Å². The van der Waals surface area contributed by atoms with Crippen molar-refractivity contribution in [2.24, 2.45) is 5.10 Å². The first-order chi connectivity index (χ1) is 16.2. The van der Waals surface area contributed by atoms with Crippen LogP contribution in [0.25, 0.3) is 10.9 Å². The third-order valence-corrected chi connectivity index (χ3v) is 5.42. The van der Waals surface area contributed by atoms with Crippen molar-refractivity contribution in [3.05, 3.63) is 131 Å². The minimum absolute atomic E-state index is 0.176. The molecule has 0 atom stereocenters. The van der Waals surface area contributed by atoms with Crippen LogP contribution in [-0.4, -0.2) is 15.9 Å². The van der Waals surface area contributed by atoms with Gasteiger partial charge in [-0.3, -0.25) is 4.79 Å². The van der Waals surface area contributed by atoms with Gasteiger partial charge < -0.3 is 4.90 Å². The first-order valence-corrected chi connectivity index (χ1v) is 10.7. The van der Waals surface area contributed by atoms with Gasteiger partial charge in [0.25, 0.3) is 5.56 Å². The molecule has 0 bridgehead atoms. The summed E-state index contributed by atoms with van der Waals surface area (Å²) < 4.78 is 1.34. The molecule has 5 nitrogen and oxygen atoms in total. The molecule has 0 saturated carbocycles. The van der Waals surface area contributed by atoms with E-state index in [4.69, 9.17) is 0 Å². The molecule has 5 aromatic rings. The van der Waals surface area contributed by atoms with Crippen LogP contribution in [0.2, 0.25) is 0 Å². The first-order valence-electron chi connectivity index (χ1n) is 10.7. The van der Waals surface area contributed by atoms with Gasteiger partial charge in [-0.05, 0) is 61.0 Å². The molecule has 0 radical (unpaired) electrons. The minimum Gasteiger partial charge on any atom is -0.311 e. The summed E-state index contributed by atoms with van der Waals surface area (Å²) in [6.45, 7) is 1.78. The third kappa shape index (κ3) is 4.16. The van der Waals surface area contributed by atoms with E-state index in [2.05, 4.69) is 51.4 Å². The van der Waals surface area contributed by atoms with Gasteiger partial charge in [0.1, 0.15) is 5.82 Å². The van der Waals surface area contributed by atoms with Crippen LogP contribution in [0.4, 0.5) is 17.1 Å². The second-order valence-electron chi connectivity index (χ2n) is 7.64. The van der Waals surface area contributed by atoms with Gasteiger partial charge in [-0.2, -0.15) is 9.78 Å². The van der Waals surface area contributed by atoms with Crippen molar-refractivity contribution in [2.45, 2.75) is 6.92 Å². The molecule has 33 heavy (non-hydrogen) atoms. The number of para-hydroxylation sites is 3. The van der Waals surface area contributed by atoms with Gasteiger partial charge >= 0.3 is 0 Å². The zero-order valence-corrected chi connectivity index (χ0v) is 18.2. The number of fused-ring (bicyclic) bond motifs is 1. The van der Waals surface area contributed by atoms with Crippen LogP contribution >= 0.6 is 0 Å². The maximum atomic E-state index is 12.8. The van der Waals surface area contributed by atoms with Gasteiger partial charge in [0.05, 0.1) is 17.1 Å². The molecule has 0 fully saturated rings. The van der Waals surface area contributed by atoms with Crippen LogP contribution in [0.5, 0.6) is 0 Å². The van der Waals surface area contributed by atoms with Gasteiger partial charge in [-0.15, -0.1) is 0 Å². The third-order valence-electron chi connectivity index (χ3n) is 5.42. The zero-order valence-electron chi connectivity index (χ0n) is 18.2. The highest BCUT2D eigenvalue weighted by atomic mass is 16.1. The standard InChI is InChI=1S/C28H22N4O/c1-21-30-27-15-9-8-14-26(27)28(33)32(21)29-20-22-16-18-25(19-17-22)31(23-10-4-2-5-11-23)24-12-6-3-7-13-24/h2-20H,1H3. The Morgan fingerprint density at radius 3 is 1.91 bits per heavy atom. The molecule has 4 aromatic carbocycles. The van der Waals surface area contributed by atoms with E-state index in [1.807, 2.05) is 66.7 Å². The lowest BCUT2D eigenvalue weighted by atomic mass is 10.1. The predicted octanol–water partition coefficient (Wildman–Crippen LogP) is 6.06. The van der Waals surface area contributed by atoms with E-state index in [-0.39, 0.29) is 5.56 Å². The Labute approximate surface area is 191 Å². The van der Waals surface area contributed by atoms with Crippen molar-refractivity contribution in [3.8, 4) is 0 Å².